The maximum Gasteiger partial charge on any atom is 0.415 e. The lowest BCUT2D eigenvalue weighted by Gasteiger charge is -2.36. The molecule has 1 rings (SSSR count). The van der Waals surface area contributed by atoms with Gasteiger partial charge >= 0.3 is 12.1 Å². The number of anilines is 1. The molecule has 26 heavy (non-hydrogen) atoms. The summed E-state index contributed by atoms with van der Waals surface area (Å²) in [5, 5.41) is 9.19. The molecule has 0 spiro atoms. The van der Waals surface area contributed by atoms with Crippen molar-refractivity contribution in [1.82, 2.24) is 0 Å². The fourth-order valence-electron chi connectivity index (χ4n) is 1.86. The van der Waals surface area contributed by atoms with Crippen LogP contribution in [0.25, 0.3) is 0 Å². The van der Waals surface area contributed by atoms with Gasteiger partial charge in [-0.3, -0.25) is 9.69 Å². The fourth-order valence-corrected chi connectivity index (χ4v) is 2.89. The number of carbonyl (C=O) groups is 2. The molecule has 0 bridgehead atoms. The maximum atomic E-state index is 12.4. The van der Waals surface area contributed by atoms with Crippen LogP contribution in [-0.2, 0) is 9.53 Å². The second-order valence-electron chi connectivity index (χ2n) is 8.82. The lowest BCUT2D eigenvalue weighted by atomic mass is 10.2. The van der Waals surface area contributed by atoms with Gasteiger partial charge in [0.2, 0.25) is 8.32 Å². The molecular formula is C19H31NO5Si. The molecule has 1 aromatic rings. The summed E-state index contributed by atoms with van der Waals surface area (Å²) in [4.78, 5) is 24.6. The predicted molar refractivity (Wildman–Crippen MR) is 105 cm³/mol. The van der Waals surface area contributed by atoms with Gasteiger partial charge in [-0.15, -0.1) is 0 Å². The Bertz CT molecular complexity index is 641. The van der Waals surface area contributed by atoms with E-state index in [1.165, 1.54) is 0 Å². The molecule has 0 saturated carbocycles. The summed E-state index contributed by atoms with van der Waals surface area (Å²) in [6, 6.07) is 6.87. The second kappa shape index (κ2) is 7.69. The molecule has 7 heteroatoms. The standard InChI is InChI=1S/C19H31NO5Si/c1-18(2,3)24-17(23)20(13-16(21)22)14-9-11-15(12-10-14)25-26(7,8)19(4,5)6/h9-12H,13H2,1-8H3,(H,21,22). The summed E-state index contributed by atoms with van der Waals surface area (Å²) >= 11 is 0. The monoisotopic (exact) mass is 381 g/mol. The number of benzene rings is 1. The van der Waals surface area contributed by atoms with E-state index >= 15 is 0 Å². The van der Waals surface area contributed by atoms with Crippen LogP contribution in [0.2, 0.25) is 18.1 Å². The first-order valence-corrected chi connectivity index (χ1v) is 11.5. The van der Waals surface area contributed by atoms with Crippen molar-refractivity contribution in [2.45, 2.75) is 65.3 Å². The molecule has 1 N–H and O–H groups in total. The van der Waals surface area contributed by atoms with E-state index in [-0.39, 0.29) is 5.04 Å². The zero-order valence-corrected chi connectivity index (χ0v) is 18.0. The van der Waals surface area contributed by atoms with E-state index in [0.29, 0.717) is 11.4 Å². The first-order chi connectivity index (χ1) is 11.6. The van der Waals surface area contributed by atoms with Gasteiger partial charge in [-0.2, -0.15) is 0 Å². The molecule has 0 radical (unpaired) electrons. The number of hydrogen-bond donors (Lipinski definition) is 1. The molecule has 1 amide bonds. The molecule has 0 atom stereocenters. The summed E-state index contributed by atoms with van der Waals surface area (Å²) in [5.41, 5.74) is -0.261. The molecule has 146 valence electrons. The number of amides is 1. The molecular weight excluding hydrogens is 350 g/mol. The summed E-state index contributed by atoms with van der Waals surface area (Å²) in [6.07, 6.45) is -0.696. The number of carboxylic acids is 1. The molecule has 0 heterocycles. The Hall–Kier alpha value is -2.02. The quantitative estimate of drug-likeness (QED) is 0.734. The summed E-state index contributed by atoms with van der Waals surface area (Å²) in [7, 11) is -1.97. The maximum absolute atomic E-state index is 12.4. The highest BCUT2D eigenvalue weighted by atomic mass is 28.4. The Labute approximate surface area is 157 Å². The Kier molecular flexibility index (Phi) is 6.52. The smallest absolute Gasteiger partial charge is 0.415 e. The number of nitrogens with zero attached hydrogens (tertiary/aromatic N) is 1. The van der Waals surface area contributed by atoms with Crippen molar-refractivity contribution in [3.05, 3.63) is 24.3 Å². The van der Waals surface area contributed by atoms with E-state index in [9.17, 15) is 9.59 Å². The number of hydrogen-bond acceptors (Lipinski definition) is 4. The number of carbonyl (C=O) groups excluding carboxylic acids is 1. The van der Waals surface area contributed by atoms with E-state index in [1.807, 2.05) is 0 Å². The minimum Gasteiger partial charge on any atom is -0.544 e. The summed E-state index contributed by atoms with van der Waals surface area (Å²) < 4.78 is 11.5. The van der Waals surface area contributed by atoms with Gasteiger partial charge in [-0.25, -0.2) is 4.79 Å². The fraction of sp³-hybridized carbons (Fsp3) is 0.579. The van der Waals surface area contributed by atoms with Crippen LogP contribution in [0.4, 0.5) is 10.5 Å². The topological polar surface area (TPSA) is 76.1 Å². The van der Waals surface area contributed by atoms with Gasteiger partial charge < -0.3 is 14.3 Å². The lowest BCUT2D eigenvalue weighted by Crippen LogP contribution is -2.43. The lowest BCUT2D eigenvalue weighted by molar-refractivity contribution is -0.135. The Morgan fingerprint density at radius 3 is 1.92 bits per heavy atom. The van der Waals surface area contributed by atoms with E-state index in [1.54, 1.807) is 45.0 Å². The first-order valence-electron chi connectivity index (χ1n) is 8.64. The van der Waals surface area contributed by atoms with Crippen LogP contribution in [0.5, 0.6) is 5.75 Å². The predicted octanol–water partition coefficient (Wildman–Crippen LogP) is 4.90. The molecule has 6 nitrogen and oxygen atoms in total. The minimum absolute atomic E-state index is 0.0670. The zero-order chi connectivity index (χ0) is 20.3. The SMILES string of the molecule is CC(C)(C)OC(=O)N(CC(=O)O)c1ccc(O[Si](C)(C)C(C)(C)C)cc1. The molecule has 0 aliphatic rings. The Morgan fingerprint density at radius 1 is 1.04 bits per heavy atom. The molecule has 0 aromatic heterocycles. The van der Waals surface area contributed by atoms with Gasteiger partial charge in [0.15, 0.2) is 0 Å². The van der Waals surface area contributed by atoms with Gasteiger partial charge in [0.25, 0.3) is 0 Å². The normalized spacial score (nSPS) is 12.5. The second-order valence-corrected chi connectivity index (χ2v) is 13.5. The van der Waals surface area contributed by atoms with Crippen molar-refractivity contribution >= 4 is 26.1 Å². The third kappa shape index (κ3) is 6.37. The highest BCUT2D eigenvalue weighted by Gasteiger charge is 2.39. The van der Waals surface area contributed by atoms with Gasteiger partial charge in [0.1, 0.15) is 17.9 Å². The Balaban J connectivity index is 3.04. The van der Waals surface area contributed by atoms with Crippen molar-refractivity contribution in [2.75, 3.05) is 11.4 Å². The average Bonchev–Trinajstić information content (AvgIpc) is 2.42. The van der Waals surface area contributed by atoms with Gasteiger partial charge in [0, 0.05) is 5.69 Å². The largest absolute Gasteiger partial charge is 0.544 e. The zero-order valence-electron chi connectivity index (χ0n) is 17.0. The van der Waals surface area contributed by atoms with Gasteiger partial charge in [-0.1, -0.05) is 20.8 Å². The van der Waals surface area contributed by atoms with Crippen LogP contribution in [0, 0.1) is 0 Å². The highest BCUT2D eigenvalue weighted by molar-refractivity contribution is 6.74. The average molecular weight is 382 g/mol. The molecule has 0 aliphatic carbocycles. The van der Waals surface area contributed by atoms with Gasteiger partial charge in [-0.05, 0) is 63.2 Å². The first kappa shape index (κ1) is 22.0. The number of ether oxygens (including phenoxy) is 1. The van der Waals surface area contributed by atoms with Crippen LogP contribution < -0.4 is 9.33 Å². The van der Waals surface area contributed by atoms with Crippen LogP contribution in [0.3, 0.4) is 0 Å². The molecule has 1 aromatic carbocycles. The van der Waals surface area contributed by atoms with Crippen LogP contribution in [0.1, 0.15) is 41.5 Å². The minimum atomic E-state index is -1.97. The highest BCUT2D eigenvalue weighted by Crippen LogP contribution is 2.37. The molecule has 0 fully saturated rings. The Morgan fingerprint density at radius 2 is 1.54 bits per heavy atom. The third-order valence-corrected chi connectivity index (χ3v) is 8.59. The van der Waals surface area contributed by atoms with E-state index in [4.69, 9.17) is 14.3 Å². The summed E-state index contributed by atoms with van der Waals surface area (Å²) in [5.74, 6) is -0.405. The van der Waals surface area contributed by atoms with Crippen molar-refractivity contribution in [3.63, 3.8) is 0 Å². The molecule has 0 aliphatic heterocycles. The molecule has 0 unspecified atom stereocenters. The van der Waals surface area contributed by atoms with Crippen LogP contribution >= 0.6 is 0 Å². The van der Waals surface area contributed by atoms with Crippen molar-refractivity contribution < 1.29 is 23.9 Å². The third-order valence-electron chi connectivity index (χ3n) is 4.23. The van der Waals surface area contributed by atoms with Crippen LogP contribution in [0.15, 0.2) is 24.3 Å². The van der Waals surface area contributed by atoms with E-state index in [2.05, 4.69) is 33.9 Å². The number of rotatable bonds is 5. The summed E-state index contributed by atoms with van der Waals surface area (Å²) in [6.45, 7) is 15.5. The van der Waals surface area contributed by atoms with Crippen molar-refractivity contribution in [3.8, 4) is 5.75 Å². The van der Waals surface area contributed by atoms with E-state index < -0.39 is 32.5 Å². The molecule has 0 saturated heterocycles. The van der Waals surface area contributed by atoms with Crippen molar-refractivity contribution in [2.24, 2.45) is 0 Å². The number of carboxylic acid groups (broad SMARTS) is 1. The van der Waals surface area contributed by atoms with E-state index in [0.717, 1.165) is 4.90 Å². The van der Waals surface area contributed by atoms with Crippen molar-refractivity contribution in [1.29, 1.82) is 0 Å². The van der Waals surface area contributed by atoms with Crippen LogP contribution in [-0.4, -0.2) is 37.6 Å². The van der Waals surface area contributed by atoms with Gasteiger partial charge in [0.05, 0.1) is 0 Å². The number of aliphatic carboxylic acids is 1.